The Morgan fingerprint density at radius 3 is 2.58 bits per heavy atom. The SMILES string of the molecule is O=C(O)CCN(C(=O)c1ccn(-c2ccc(F)cc2)n1)C1CCOCC1. The number of carboxylic acid groups (broad SMARTS) is 1. The van der Waals surface area contributed by atoms with Crippen LogP contribution in [0, 0.1) is 5.82 Å². The molecule has 3 rings (SSSR count). The maximum absolute atomic E-state index is 13.0. The molecule has 1 amide bonds. The molecule has 26 heavy (non-hydrogen) atoms. The van der Waals surface area contributed by atoms with Crippen LogP contribution in [-0.4, -0.2) is 57.5 Å². The molecule has 138 valence electrons. The van der Waals surface area contributed by atoms with Gasteiger partial charge in [-0.25, -0.2) is 9.07 Å². The zero-order chi connectivity index (χ0) is 18.5. The Morgan fingerprint density at radius 2 is 1.92 bits per heavy atom. The predicted molar refractivity (Wildman–Crippen MR) is 90.7 cm³/mol. The lowest BCUT2D eigenvalue weighted by atomic mass is 10.1. The fourth-order valence-corrected chi connectivity index (χ4v) is 2.99. The van der Waals surface area contributed by atoms with Gasteiger partial charge in [0.2, 0.25) is 0 Å². The maximum atomic E-state index is 13.0. The summed E-state index contributed by atoms with van der Waals surface area (Å²) in [7, 11) is 0. The predicted octanol–water partition coefficient (Wildman–Crippen LogP) is 2.11. The van der Waals surface area contributed by atoms with Gasteiger partial charge < -0.3 is 14.7 Å². The van der Waals surface area contributed by atoms with E-state index in [4.69, 9.17) is 9.84 Å². The van der Waals surface area contributed by atoms with Crippen LogP contribution in [-0.2, 0) is 9.53 Å². The number of carbonyl (C=O) groups is 2. The number of amides is 1. The second kappa shape index (κ2) is 8.09. The highest BCUT2D eigenvalue weighted by molar-refractivity contribution is 5.92. The first-order valence-electron chi connectivity index (χ1n) is 8.47. The monoisotopic (exact) mass is 361 g/mol. The summed E-state index contributed by atoms with van der Waals surface area (Å²) < 4.78 is 19.9. The van der Waals surface area contributed by atoms with Crippen molar-refractivity contribution in [1.82, 2.24) is 14.7 Å². The first kappa shape index (κ1) is 18.1. The average Bonchev–Trinajstić information content (AvgIpc) is 3.13. The van der Waals surface area contributed by atoms with Gasteiger partial charge in [-0.1, -0.05) is 0 Å². The molecular weight excluding hydrogens is 341 g/mol. The van der Waals surface area contributed by atoms with Gasteiger partial charge in [0.15, 0.2) is 5.69 Å². The number of ether oxygens (including phenoxy) is 1. The molecule has 1 aliphatic rings. The molecule has 0 radical (unpaired) electrons. The molecule has 2 heterocycles. The Kier molecular flexibility index (Phi) is 5.62. The van der Waals surface area contributed by atoms with Crippen molar-refractivity contribution in [1.29, 1.82) is 0 Å². The van der Waals surface area contributed by atoms with Gasteiger partial charge in [-0.05, 0) is 43.2 Å². The fourth-order valence-electron chi connectivity index (χ4n) is 2.99. The van der Waals surface area contributed by atoms with Crippen LogP contribution in [0.25, 0.3) is 5.69 Å². The molecular formula is C18H20FN3O4. The lowest BCUT2D eigenvalue weighted by Crippen LogP contribution is -2.44. The van der Waals surface area contributed by atoms with E-state index in [9.17, 15) is 14.0 Å². The van der Waals surface area contributed by atoms with E-state index >= 15 is 0 Å². The smallest absolute Gasteiger partial charge is 0.305 e. The van der Waals surface area contributed by atoms with Crippen molar-refractivity contribution in [2.75, 3.05) is 19.8 Å². The van der Waals surface area contributed by atoms with Gasteiger partial charge >= 0.3 is 5.97 Å². The van der Waals surface area contributed by atoms with E-state index in [1.54, 1.807) is 29.3 Å². The van der Waals surface area contributed by atoms with Gasteiger partial charge in [0.25, 0.3) is 5.91 Å². The third-order valence-electron chi connectivity index (χ3n) is 4.36. The molecule has 1 N–H and O–H groups in total. The molecule has 0 atom stereocenters. The van der Waals surface area contributed by atoms with Crippen molar-refractivity contribution in [3.63, 3.8) is 0 Å². The molecule has 1 aliphatic heterocycles. The van der Waals surface area contributed by atoms with Crippen LogP contribution in [0.5, 0.6) is 0 Å². The highest BCUT2D eigenvalue weighted by Crippen LogP contribution is 2.18. The van der Waals surface area contributed by atoms with Crippen molar-refractivity contribution in [3.05, 3.63) is 48.0 Å². The highest BCUT2D eigenvalue weighted by atomic mass is 19.1. The van der Waals surface area contributed by atoms with E-state index in [1.807, 2.05) is 0 Å². The highest BCUT2D eigenvalue weighted by Gasteiger charge is 2.28. The van der Waals surface area contributed by atoms with E-state index in [0.717, 1.165) is 0 Å². The van der Waals surface area contributed by atoms with E-state index in [-0.39, 0.29) is 36.4 Å². The Labute approximate surface area is 150 Å². The molecule has 1 fully saturated rings. The molecule has 0 bridgehead atoms. The molecule has 1 saturated heterocycles. The lowest BCUT2D eigenvalue weighted by molar-refractivity contribution is -0.137. The summed E-state index contributed by atoms with van der Waals surface area (Å²) in [6.45, 7) is 1.22. The van der Waals surface area contributed by atoms with Crippen molar-refractivity contribution in [2.45, 2.75) is 25.3 Å². The number of aromatic nitrogens is 2. The minimum absolute atomic E-state index is 0.0634. The quantitative estimate of drug-likeness (QED) is 0.852. The number of nitrogens with zero attached hydrogens (tertiary/aromatic N) is 3. The van der Waals surface area contributed by atoms with Crippen LogP contribution in [0.1, 0.15) is 29.8 Å². The van der Waals surface area contributed by atoms with E-state index in [2.05, 4.69) is 5.10 Å². The minimum Gasteiger partial charge on any atom is -0.481 e. The maximum Gasteiger partial charge on any atom is 0.305 e. The summed E-state index contributed by atoms with van der Waals surface area (Å²) in [5.41, 5.74) is 0.861. The number of aliphatic carboxylic acids is 1. The van der Waals surface area contributed by atoms with E-state index in [0.29, 0.717) is 31.7 Å². The van der Waals surface area contributed by atoms with Crippen LogP contribution in [0.2, 0.25) is 0 Å². The standard InChI is InChI=1S/C18H20FN3O4/c19-13-1-3-15(4-2-13)22-10-5-16(20-22)18(25)21(9-6-17(23)24)14-7-11-26-12-8-14/h1-5,10,14H,6-9,11-12H2,(H,23,24). The van der Waals surface area contributed by atoms with Gasteiger partial charge in [0.05, 0.1) is 12.1 Å². The number of carbonyl (C=O) groups excluding carboxylic acids is 1. The molecule has 7 nitrogen and oxygen atoms in total. The van der Waals surface area contributed by atoms with Gasteiger partial charge in [-0.2, -0.15) is 5.10 Å². The van der Waals surface area contributed by atoms with Gasteiger partial charge in [-0.15, -0.1) is 0 Å². The van der Waals surface area contributed by atoms with Crippen molar-refractivity contribution < 1.29 is 23.8 Å². The van der Waals surface area contributed by atoms with Crippen LogP contribution in [0.4, 0.5) is 4.39 Å². The Balaban J connectivity index is 1.79. The number of carboxylic acids is 1. The van der Waals surface area contributed by atoms with Crippen LogP contribution in [0.3, 0.4) is 0 Å². The zero-order valence-electron chi connectivity index (χ0n) is 14.2. The van der Waals surface area contributed by atoms with Gasteiger partial charge in [0.1, 0.15) is 5.82 Å². The van der Waals surface area contributed by atoms with Crippen molar-refractivity contribution in [2.24, 2.45) is 0 Å². The second-order valence-electron chi connectivity index (χ2n) is 6.11. The lowest BCUT2D eigenvalue weighted by Gasteiger charge is -2.33. The zero-order valence-corrected chi connectivity index (χ0v) is 14.2. The van der Waals surface area contributed by atoms with Crippen LogP contribution < -0.4 is 0 Å². The molecule has 8 heteroatoms. The molecule has 0 saturated carbocycles. The number of hydrogen-bond donors (Lipinski definition) is 1. The number of rotatable bonds is 6. The Hall–Kier alpha value is -2.74. The third kappa shape index (κ3) is 4.26. The minimum atomic E-state index is -0.952. The first-order valence-corrected chi connectivity index (χ1v) is 8.47. The van der Waals surface area contributed by atoms with Crippen LogP contribution in [0.15, 0.2) is 36.5 Å². The van der Waals surface area contributed by atoms with Crippen molar-refractivity contribution >= 4 is 11.9 Å². The number of benzene rings is 1. The summed E-state index contributed by atoms with van der Waals surface area (Å²) in [6.07, 6.45) is 2.84. The summed E-state index contributed by atoms with van der Waals surface area (Å²) >= 11 is 0. The van der Waals surface area contributed by atoms with E-state index < -0.39 is 5.97 Å². The molecule has 2 aromatic rings. The summed E-state index contributed by atoms with van der Waals surface area (Å²) in [6, 6.07) is 7.29. The normalized spacial score (nSPS) is 15.0. The summed E-state index contributed by atoms with van der Waals surface area (Å²) in [5, 5.41) is 13.3. The van der Waals surface area contributed by atoms with Crippen molar-refractivity contribution in [3.8, 4) is 5.69 Å². The fraction of sp³-hybridized carbons (Fsp3) is 0.389. The Bertz CT molecular complexity index is 769. The van der Waals surface area contributed by atoms with Gasteiger partial charge in [-0.3, -0.25) is 9.59 Å². The molecule has 1 aromatic heterocycles. The average molecular weight is 361 g/mol. The molecule has 0 aliphatic carbocycles. The topological polar surface area (TPSA) is 84.7 Å². The molecule has 0 unspecified atom stereocenters. The third-order valence-corrected chi connectivity index (χ3v) is 4.36. The Morgan fingerprint density at radius 1 is 1.23 bits per heavy atom. The molecule has 0 spiro atoms. The number of halogens is 1. The first-order chi connectivity index (χ1) is 12.5. The summed E-state index contributed by atoms with van der Waals surface area (Å²) in [5.74, 6) is -1.61. The largest absolute Gasteiger partial charge is 0.481 e. The molecule has 1 aromatic carbocycles. The van der Waals surface area contributed by atoms with Gasteiger partial charge in [0, 0.05) is 32.0 Å². The number of hydrogen-bond acceptors (Lipinski definition) is 4. The summed E-state index contributed by atoms with van der Waals surface area (Å²) in [4.78, 5) is 25.4. The van der Waals surface area contributed by atoms with Crippen LogP contribution >= 0.6 is 0 Å². The second-order valence-corrected chi connectivity index (χ2v) is 6.11. The van der Waals surface area contributed by atoms with E-state index in [1.165, 1.54) is 16.8 Å².